The molecule has 0 aliphatic rings. The van der Waals surface area contributed by atoms with Crippen LogP contribution in [0.1, 0.15) is 38.2 Å². The molecule has 1 unspecified atom stereocenters. The van der Waals surface area contributed by atoms with E-state index in [1.54, 1.807) is 6.20 Å². The fraction of sp³-hybridized carbons (Fsp3) is 0.417. The maximum absolute atomic E-state index is 5.06. The van der Waals surface area contributed by atoms with Gasteiger partial charge in [-0.2, -0.15) is 0 Å². The van der Waals surface area contributed by atoms with Crippen molar-refractivity contribution < 1.29 is 4.52 Å². The van der Waals surface area contributed by atoms with Gasteiger partial charge in [-0.25, -0.2) is 0 Å². The monoisotopic (exact) mass is 189 g/mol. The Morgan fingerprint density at radius 2 is 2.29 bits per heavy atom. The molecule has 74 valence electrons. The molecule has 2 rings (SSSR count). The van der Waals surface area contributed by atoms with Crippen LogP contribution in [-0.4, -0.2) is 5.16 Å². The second-order valence-corrected chi connectivity index (χ2v) is 3.81. The van der Waals surface area contributed by atoms with E-state index >= 15 is 0 Å². The van der Waals surface area contributed by atoms with Crippen LogP contribution in [0.3, 0.4) is 0 Å². The van der Waals surface area contributed by atoms with Gasteiger partial charge in [-0.05, 0) is 30.0 Å². The summed E-state index contributed by atoms with van der Waals surface area (Å²) in [7, 11) is 0. The van der Waals surface area contributed by atoms with Crippen LogP contribution in [0.15, 0.2) is 28.9 Å². The van der Waals surface area contributed by atoms with E-state index in [1.165, 1.54) is 18.4 Å². The Kier molecular flexibility index (Phi) is 2.53. The first-order chi connectivity index (χ1) is 6.81. The topological polar surface area (TPSA) is 26.0 Å². The molecule has 1 aromatic carbocycles. The summed E-state index contributed by atoms with van der Waals surface area (Å²) in [6.45, 7) is 4.48. The van der Waals surface area contributed by atoms with Crippen molar-refractivity contribution in [2.75, 3.05) is 0 Å². The molecule has 0 aliphatic heterocycles. The van der Waals surface area contributed by atoms with Gasteiger partial charge >= 0.3 is 0 Å². The molecule has 0 amide bonds. The number of nitrogens with zero attached hydrogens (tertiary/aromatic N) is 1. The average molecular weight is 189 g/mol. The number of hydrogen-bond donors (Lipinski definition) is 0. The Hall–Kier alpha value is -1.31. The van der Waals surface area contributed by atoms with Crippen LogP contribution in [0, 0.1) is 0 Å². The molecule has 1 aromatic heterocycles. The van der Waals surface area contributed by atoms with Crippen molar-refractivity contribution in [3.05, 3.63) is 30.0 Å². The molecule has 2 heteroatoms. The predicted octanol–water partition coefficient (Wildman–Crippen LogP) is 3.73. The van der Waals surface area contributed by atoms with Crippen LogP contribution in [-0.2, 0) is 0 Å². The zero-order valence-corrected chi connectivity index (χ0v) is 8.66. The van der Waals surface area contributed by atoms with E-state index in [2.05, 4.69) is 31.1 Å². The molecule has 2 aromatic rings. The minimum absolute atomic E-state index is 0.624. The molecular formula is C12H15NO. The van der Waals surface area contributed by atoms with Gasteiger partial charge in [-0.1, -0.05) is 31.5 Å². The summed E-state index contributed by atoms with van der Waals surface area (Å²) in [6, 6.07) is 6.31. The van der Waals surface area contributed by atoms with Crippen molar-refractivity contribution in [3.63, 3.8) is 0 Å². The second kappa shape index (κ2) is 3.82. The van der Waals surface area contributed by atoms with Gasteiger partial charge < -0.3 is 4.52 Å². The fourth-order valence-electron chi connectivity index (χ4n) is 1.80. The fourth-order valence-corrected chi connectivity index (χ4v) is 1.80. The first kappa shape index (κ1) is 9.25. The van der Waals surface area contributed by atoms with Crippen molar-refractivity contribution in [1.29, 1.82) is 0 Å². The normalized spacial score (nSPS) is 13.3. The van der Waals surface area contributed by atoms with Gasteiger partial charge in [0.25, 0.3) is 0 Å². The van der Waals surface area contributed by atoms with E-state index in [0.29, 0.717) is 5.92 Å². The van der Waals surface area contributed by atoms with Gasteiger partial charge in [-0.3, -0.25) is 0 Å². The smallest absolute Gasteiger partial charge is 0.166 e. The maximum atomic E-state index is 5.06. The zero-order chi connectivity index (χ0) is 9.97. The summed E-state index contributed by atoms with van der Waals surface area (Å²) in [5.74, 6) is 0.624. The van der Waals surface area contributed by atoms with Crippen LogP contribution in [0.4, 0.5) is 0 Å². The predicted molar refractivity (Wildman–Crippen MR) is 57.3 cm³/mol. The molecule has 1 heterocycles. The standard InChI is InChI=1S/C12H15NO/c1-3-4-9(2)10-5-6-12-11(7-10)8-13-14-12/h5-9H,3-4H2,1-2H3. The first-order valence-corrected chi connectivity index (χ1v) is 5.15. The van der Waals surface area contributed by atoms with Crippen LogP contribution in [0.5, 0.6) is 0 Å². The van der Waals surface area contributed by atoms with Crippen molar-refractivity contribution in [2.45, 2.75) is 32.6 Å². The van der Waals surface area contributed by atoms with E-state index in [-0.39, 0.29) is 0 Å². The molecule has 0 aliphatic carbocycles. The number of rotatable bonds is 3. The number of benzene rings is 1. The van der Waals surface area contributed by atoms with Gasteiger partial charge in [0.1, 0.15) is 0 Å². The molecule has 2 nitrogen and oxygen atoms in total. The Bertz CT molecular complexity index is 419. The molecule has 0 bridgehead atoms. The van der Waals surface area contributed by atoms with Crippen LogP contribution >= 0.6 is 0 Å². The lowest BCUT2D eigenvalue weighted by Crippen LogP contribution is -1.91. The van der Waals surface area contributed by atoms with Crippen molar-refractivity contribution in [2.24, 2.45) is 0 Å². The maximum Gasteiger partial charge on any atom is 0.166 e. The third kappa shape index (κ3) is 1.65. The van der Waals surface area contributed by atoms with Gasteiger partial charge in [0, 0.05) is 5.39 Å². The third-order valence-electron chi connectivity index (χ3n) is 2.67. The van der Waals surface area contributed by atoms with Gasteiger partial charge in [0.15, 0.2) is 5.58 Å². The van der Waals surface area contributed by atoms with Crippen molar-refractivity contribution in [1.82, 2.24) is 5.16 Å². The summed E-state index contributed by atoms with van der Waals surface area (Å²) in [5.41, 5.74) is 2.25. The van der Waals surface area contributed by atoms with Crippen LogP contribution in [0.2, 0.25) is 0 Å². The van der Waals surface area contributed by atoms with Gasteiger partial charge in [0.2, 0.25) is 0 Å². The summed E-state index contributed by atoms with van der Waals surface area (Å²) in [4.78, 5) is 0. The number of aromatic nitrogens is 1. The van der Waals surface area contributed by atoms with E-state index in [0.717, 1.165) is 11.0 Å². The average Bonchev–Trinajstić information content (AvgIpc) is 2.64. The molecule has 14 heavy (non-hydrogen) atoms. The van der Waals surface area contributed by atoms with Crippen molar-refractivity contribution in [3.8, 4) is 0 Å². The lowest BCUT2D eigenvalue weighted by molar-refractivity contribution is 0.456. The second-order valence-electron chi connectivity index (χ2n) is 3.81. The van der Waals surface area contributed by atoms with Crippen molar-refractivity contribution >= 4 is 11.0 Å². The summed E-state index contributed by atoms with van der Waals surface area (Å²) >= 11 is 0. The molecule has 0 saturated carbocycles. The highest BCUT2D eigenvalue weighted by atomic mass is 16.5. The van der Waals surface area contributed by atoms with Gasteiger partial charge in [-0.15, -0.1) is 0 Å². The molecule has 0 radical (unpaired) electrons. The minimum Gasteiger partial charge on any atom is -0.356 e. The Labute approximate surface area is 83.9 Å². The largest absolute Gasteiger partial charge is 0.356 e. The highest BCUT2D eigenvalue weighted by Gasteiger charge is 2.06. The summed E-state index contributed by atoms with van der Waals surface area (Å²) in [5, 5.41) is 4.88. The Balaban J connectivity index is 2.33. The third-order valence-corrected chi connectivity index (χ3v) is 2.67. The molecule has 0 fully saturated rings. The number of fused-ring (bicyclic) bond motifs is 1. The highest BCUT2D eigenvalue weighted by molar-refractivity contribution is 5.76. The molecule has 1 atom stereocenters. The summed E-state index contributed by atoms with van der Waals surface area (Å²) in [6.07, 6.45) is 4.23. The minimum atomic E-state index is 0.624. The highest BCUT2D eigenvalue weighted by Crippen LogP contribution is 2.24. The first-order valence-electron chi connectivity index (χ1n) is 5.15. The molecular weight excluding hydrogens is 174 g/mol. The van der Waals surface area contributed by atoms with Gasteiger partial charge in [0.05, 0.1) is 6.20 Å². The molecule has 0 N–H and O–H groups in total. The lowest BCUT2D eigenvalue weighted by Gasteiger charge is -2.09. The van der Waals surface area contributed by atoms with E-state index < -0.39 is 0 Å². The molecule has 0 saturated heterocycles. The lowest BCUT2D eigenvalue weighted by atomic mass is 9.96. The van der Waals surface area contributed by atoms with Crippen LogP contribution in [0.25, 0.3) is 11.0 Å². The Morgan fingerprint density at radius 1 is 1.43 bits per heavy atom. The zero-order valence-electron chi connectivity index (χ0n) is 8.66. The number of hydrogen-bond acceptors (Lipinski definition) is 2. The SMILES string of the molecule is CCCC(C)c1ccc2oncc2c1. The van der Waals surface area contributed by atoms with E-state index in [1.807, 2.05) is 6.07 Å². The Morgan fingerprint density at radius 3 is 3.07 bits per heavy atom. The quantitative estimate of drug-likeness (QED) is 0.735. The van der Waals surface area contributed by atoms with E-state index in [4.69, 9.17) is 4.52 Å². The van der Waals surface area contributed by atoms with E-state index in [9.17, 15) is 0 Å². The van der Waals surface area contributed by atoms with Crippen LogP contribution < -0.4 is 0 Å². The summed E-state index contributed by atoms with van der Waals surface area (Å²) < 4.78 is 5.06. The molecule has 0 spiro atoms.